The van der Waals surface area contributed by atoms with Gasteiger partial charge in [-0.25, -0.2) is 0 Å². The molecule has 0 fully saturated rings. The van der Waals surface area contributed by atoms with Crippen LogP contribution in [0.1, 0.15) is 0 Å². The molecule has 0 heterocycles. The Morgan fingerprint density at radius 2 is 0.500 bits per heavy atom. The van der Waals surface area contributed by atoms with Crippen LogP contribution in [0.2, 0.25) is 0 Å². The zero-order chi connectivity index (χ0) is 10.7. The molecule has 0 aliphatic rings. The van der Waals surface area contributed by atoms with Gasteiger partial charge in [0.15, 0.2) is 0 Å². The molecule has 0 aliphatic heterocycles. The quantitative estimate of drug-likeness (QED) is 0.237. The molecule has 0 N–H and O–H groups in total. The fraction of sp³-hybridized carbons (Fsp3) is 0. The van der Waals surface area contributed by atoms with Crippen molar-refractivity contribution in [2.75, 3.05) is 0 Å². The Kier molecular flexibility index (Phi) is 58.2. The summed E-state index contributed by atoms with van der Waals surface area (Å²) in [6, 6.07) is 0. The van der Waals surface area contributed by atoms with Crippen molar-refractivity contribution in [3.63, 3.8) is 0 Å². The van der Waals surface area contributed by atoms with Crippen LogP contribution in [0.3, 0.4) is 0 Å². The molecule has 0 aromatic heterocycles. The van der Waals surface area contributed by atoms with E-state index in [2.05, 4.69) is 0 Å². The molecule has 0 amide bonds. The maximum atomic E-state index is 8.61. The van der Waals surface area contributed by atoms with Crippen LogP contribution in [-0.2, 0) is 76.3 Å². The zero-order valence-corrected chi connectivity index (χ0v) is 19.8. The molecule has 0 bridgehead atoms. The summed E-state index contributed by atoms with van der Waals surface area (Å²) in [5, 5.41) is 0. The predicted octanol–water partition coefficient (Wildman–Crippen LogP) is -7.50. The fourth-order valence-electron chi connectivity index (χ4n) is 0. The van der Waals surface area contributed by atoms with Gasteiger partial charge in [0.2, 0.25) is 0 Å². The van der Waals surface area contributed by atoms with Crippen molar-refractivity contribution in [3.05, 3.63) is 0 Å². The molecule has 0 saturated carbocycles. The summed E-state index contributed by atoms with van der Waals surface area (Å²) in [4.78, 5) is 0. The van der Waals surface area contributed by atoms with Gasteiger partial charge in [0.05, 0.1) is 0 Å². The van der Waals surface area contributed by atoms with E-state index >= 15 is 0 Å². The Morgan fingerprint density at radius 1 is 0.500 bits per heavy atom. The summed E-state index contributed by atoms with van der Waals surface area (Å²) >= 11 is -12.9. The van der Waals surface area contributed by atoms with E-state index in [0.717, 1.165) is 0 Å². The van der Waals surface area contributed by atoms with Gasteiger partial charge in [-0.3, -0.25) is 0 Å². The van der Waals surface area contributed by atoms with Crippen LogP contribution in [-0.4, -0.2) is 0 Å². The second-order valence-corrected chi connectivity index (χ2v) is 4.44. The predicted molar refractivity (Wildman–Crippen MR) is 2.06 cm³/mol. The number of hydrogen-bond acceptors (Lipinski definition) is 9. The van der Waals surface area contributed by atoms with Crippen LogP contribution in [0, 0.1) is 83.5 Å². The van der Waals surface area contributed by atoms with Crippen LogP contribution in [0.4, 0.5) is 0 Å². The molecule has 0 aromatic rings. The van der Waals surface area contributed by atoms with Crippen molar-refractivity contribution in [2.45, 2.75) is 0 Å². The normalized spacial score (nSPS) is 5.57. The standard InChI is InChI=1S/2Ce.9O.3Zr/q2*+3;;;;6*-1;;;. The maximum absolute atomic E-state index is 8.61. The van der Waals surface area contributed by atoms with Crippen LogP contribution >= 0.6 is 0 Å². The minimum absolute atomic E-state index is 0. The van der Waals surface area contributed by atoms with Crippen molar-refractivity contribution in [3.8, 4) is 0 Å². The van der Waals surface area contributed by atoms with Crippen molar-refractivity contribution in [2.24, 2.45) is 0 Å². The van der Waals surface area contributed by atoms with E-state index in [1.165, 1.54) is 0 Å². The van der Waals surface area contributed by atoms with Crippen LogP contribution in [0.15, 0.2) is 0 Å². The van der Waals surface area contributed by atoms with Crippen molar-refractivity contribution in [1.82, 2.24) is 0 Å². The molecule has 0 aliphatic carbocycles. The fourth-order valence-corrected chi connectivity index (χ4v) is 0. The molecule has 0 spiro atoms. The van der Waals surface area contributed by atoms with Gasteiger partial charge in [-0.2, -0.15) is 0 Å². The van der Waals surface area contributed by atoms with Gasteiger partial charge in [-0.15, -0.1) is 0 Å². The van der Waals surface area contributed by atoms with Gasteiger partial charge >= 0.3 is 179 Å². The third-order valence-corrected chi connectivity index (χ3v) is 0. The van der Waals surface area contributed by atoms with Crippen molar-refractivity contribution < 1.29 is 179 Å². The molecule has 0 rings (SSSR count). The monoisotopic (exact) mass is 693 g/mol. The van der Waals surface area contributed by atoms with Crippen LogP contribution < -0.4 is 19.1 Å². The van der Waals surface area contributed by atoms with Crippen molar-refractivity contribution in [1.29, 1.82) is 0 Å². The third-order valence-electron chi connectivity index (χ3n) is 0. The Morgan fingerprint density at radius 3 is 0.500 bits per heavy atom. The van der Waals surface area contributed by atoms with Gasteiger partial charge in [0.25, 0.3) is 0 Å². The summed E-state index contributed by atoms with van der Waals surface area (Å²) in [6.45, 7) is 0. The Hall–Kier alpha value is 4.56. The SMILES string of the molecule is [Ce+3].[Ce+3].[O]=[Zr]([O-])[O-].[O]=[Zr]([O-])[O-].[O]=[Zr]([O-])[O-]. The van der Waals surface area contributed by atoms with E-state index < -0.39 is 67.9 Å². The van der Waals surface area contributed by atoms with E-state index in [1.54, 1.807) is 0 Å². The molecule has 14 heteroatoms. The molecule has 0 atom stereocenters. The molecule has 2 radical (unpaired) electrons. The first-order valence-electron chi connectivity index (χ1n) is 1.84. The first kappa shape index (κ1) is 31.1. The van der Waals surface area contributed by atoms with E-state index in [4.69, 9.17) is 27.5 Å². The van der Waals surface area contributed by atoms with E-state index in [-0.39, 0.29) is 83.5 Å². The number of hydrogen-bond donors (Lipinski definition) is 0. The average Bonchev–Trinajstić information content (AvgIpc) is 1.54. The van der Waals surface area contributed by atoms with E-state index in [0.29, 0.717) is 0 Å². The second kappa shape index (κ2) is 26.2. The molecule has 74 valence electrons. The Bertz CT molecular complexity index is 116. The third kappa shape index (κ3) is 193. The Balaban J connectivity index is -0.0000000270. The van der Waals surface area contributed by atoms with Crippen molar-refractivity contribution >= 4 is 0 Å². The molecule has 0 saturated heterocycles. The van der Waals surface area contributed by atoms with Gasteiger partial charge in [0, 0.05) is 0 Å². The summed E-state index contributed by atoms with van der Waals surface area (Å²) in [6.07, 6.45) is 0. The molecular weight excluding hydrogens is 698 g/mol. The summed E-state index contributed by atoms with van der Waals surface area (Å²) in [7, 11) is 0. The molecule has 0 aromatic carbocycles. The molecule has 14 heavy (non-hydrogen) atoms. The molecular formula is Ce2O9Zr3. The minimum atomic E-state index is -4.29. The summed E-state index contributed by atoms with van der Waals surface area (Å²) in [5.41, 5.74) is 0. The molecule has 9 nitrogen and oxygen atoms in total. The van der Waals surface area contributed by atoms with Gasteiger partial charge in [-0.1, -0.05) is 0 Å². The summed E-state index contributed by atoms with van der Waals surface area (Å²) in [5.74, 6) is 0. The summed E-state index contributed by atoms with van der Waals surface area (Å²) < 4.78 is 77.5. The zero-order valence-electron chi connectivity index (χ0n) is 6.17. The number of rotatable bonds is 0. The van der Waals surface area contributed by atoms with Crippen LogP contribution in [0.5, 0.6) is 0 Å². The first-order chi connectivity index (χ1) is 5.20. The molecule has 0 unspecified atom stereocenters. The van der Waals surface area contributed by atoms with Gasteiger partial charge in [0.1, 0.15) is 0 Å². The van der Waals surface area contributed by atoms with Gasteiger partial charge < -0.3 is 0 Å². The Labute approximate surface area is 174 Å². The second-order valence-electron chi connectivity index (χ2n) is 0.750. The van der Waals surface area contributed by atoms with E-state index in [9.17, 15) is 0 Å². The first-order valence-corrected chi connectivity index (χ1v) is 10.9. The average molecular weight is 698 g/mol. The van der Waals surface area contributed by atoms with Crippen LogP contribution in [0.25, 0.3) is 0 Å². The topological polar surface area (TPSA) is 190 Å². The van der Waals surface area contributed by atoms with Gasteiger partial charge in [-0.05, 0) is 0 Å². The van der Waals surface area contributed by atoms with E-state index in [1.807, 2.05) is 0 Å².